The normalized spacial score (nSPS) is 15.3. The maximum absolute atomic E-state index is 12.8. The molecule has 1 amide bonds. The number of hydrogen-bond acceptors (Lipinski definition) is 2. The van der Waals surface area contributed by atoms with Crippen molar-refractivity contribution < 1.29 is 9.53 Å². The highest BCUT2D eigenvalue weighted by molar-refractivity contribution is 6.31. The number of amides is 1. The summed E-state index contributed by atoms with van der Waals surface area (Å²) in [5.41, 5.74) is 2.87. The Bertz CT molecular complexity index is 941. The molecule has 0 atom stereocenters. The zero-order valence-corrected chi connectivity index (χ0v) is 16.1. The minimum absolute atomic E-state index is 0.0743. The molecular formula is C22H23ClN2O2. The molecule has 1 N–H and O–H groups in total. The molecule has 0 bridgehead atoms. The average Bonchev–Trinajstić information content (AvgIpc) is 3.12. The number of carbonyl (C=O) groups is 1. The highest BCUT2D eigenvalue weighted by Crippen LogP contribution is 2.25. The summed E-state index contributed by atoms with van der Waals surface area (Å²) in [4.78, 5) is 18.0. The Kier molecular flexibility index (Phi) is 5.08. The van der Waals surface area contributed by atoms with Gasteiger partial charge in [-0.1, -0.05) is 29.8 Å². The number of benzene rings is 2. The van der Waals surface area contributed by atoms with Gasteiger partial charge in [0.25, 0.3) is 5.91 Å². The third-order valence-electron chi connectivity index (χ3n) is 5.40. The van der Waals surface area contributed by atoms with Crippen molar-refractivity contribution in [3.05, 3.63) is 64.8 Å². The lowest BCUT2D eigenvalue weighted by molar-refractivity contribution is 0.0685. The Labute approximate surface area is 164 Å². The molecule has 0 radical (unpaired) electrons. The molecule has 3 aromatic rings. The van der Waals surface area contributed by atoms with E-state index in [0.29, 0.717) is 16.6 Å². The highest BCUT2D eigenvalue weighted by atomic mass is 35.5. The van der Waals surface area contributed by atoms with E-state index >= 15 is 0 Å². The van der Waals surface area contributed by atoms with Crippen LogP contribution in [0.4, 0.5) is 0 Å². The first-order chi connectivity index (χ1) is 13.1. The van der Waals surface area contributed by atoms with Crippen LogP contribution in [0.1, 0.15) is 28.9 Å². The molecule has 1 saturated heterocycles. The second-order valence-electron chi connectivity index (χ2n) is 7.20. The van der Waals surface area contributed by atoms with Crippen LogP contribution >= 0.6 is 11.6 Å². The van der Waals surface area contributed by atoms with E-state index in [1.54, 1.807) is 7.11 Å². The molecule has 0 spiro atoms. The largest absolute Gasteiger partial charge is 0.497 e. The predicted molar refractivity (Wildman–Crippen MR) is 109 cm³/mol. The van der Waals surface area contributed by atoms with Crippen LogP contribution in [0.3, 0.4) is 0 Å². The topological polar surface area (TPSA) is 45.3 Å². The molecule has 1 aliphatic rings. The quantitative estimate of drug-likeness (QED) is 0.695. The van der Waals surface area contributed by atoms with Gasteiger partial charge in [-0.15, -0.1) is 0 Å². The molecule has 140 valence electrons. The van der Waals surface area contributed by atoms with E-state index in [1.807, 2.05) is 41.3 Å². The van der Waals surface area contributed by atoms with Gasteiger partial charge in [-0.3, -0.25) is 4.79 Å². The molecular weight excluding hydrogens is 360 g/mol. The van der Waals surface area contributed by atoms with E-state index in [0.717, 1.165) is 49.0 Å². The zero-order valence-electron chi connectivity index (χ0n) is 15.4. The lowest BCUT2D eigenvalue weighted by Gasteiger charge is -2.31. The van der Waals surface area contributed by atoms with Crippen molar-refractivity contribution in [2.24, 2.45) is 5.92 Å². The van der Waals surface area contributed by atoms with Crippen molar-refractivity contribution in [2.45, 2.75) is 19.3 Å². The number of rotatable bonds is 4. The van der Waals surface area contributed by atoms with Gasteiger partial charge in [0.05, 0.1) is 7.11 Å². The number of nitrogens with zero attached hydrogens (tertiary/aromatic N) is 1. The highest BCUT2D eigenvalue weighted by Gasteiger charge is 2.24. The molecule has 4 rings (SSSR count). The van der Waals surface area contributed by atoms with Crippen LogP contribution in [-0.2, 0) is 6.42 Å². The lowest BCUT2D eigenvalue weighted by Crippen LogP contribution is -2.39. The number of H-pyrrole nitrogens is 1. The zero-order chi connectivity index (χ0) is 18.8. The molecule has 2 heterocycles. The maximum atomic E-state index is 12.8. The van der Waals surface area contributed by atoms with Crippen molar-refractivity contribution in [2.75, 3.05) is 20.2 Å². The number of hydrogen-bond donors (Lipinski definition) is 1. The third-order valence-corrected chi connectivity index (χ3v) is 5.64. The van der Waals surface area contributed by atoms with E-state index in [-0.39, 0.29) is 5.91 Å². The molecule has 2 aromatic carbocycles. The van der Waals surface area contributed by atoms with Crippen molar-refractivity contribution >= 4 is 28.4 Å². The summed E-state index contributed by atoms with van der Waals surface area (Å²) in [5, 5.41) is 1.68. The van der Waals surface area contributed by atoms with Crippen LogP contribution in [0.25, 0.3) is 10.9 Å². The van der Waals surface area contributed by atoms with Crippen LogP contribution < -0.4 is 4.74 Å². The maximum Gasteiger partial charge on any atom is 0.270 e. The summed E-state index contributed by atoms with van der Waals surface area (Å²) in [6, 6.07) is 15.8. The van der Waals surface area contributed by atoms with Gasteiger partial charge in [0.1, 0.15) is 11.4 Å². The number of halogens is 1. The summed E-state index contributed by atoms with van der Waals surface area (Å²) in [6.45, 7) is 1.60. The first kappa shape index (κ1) is 17.9. The molecule has 0 aliphatic carbocycles. The second kappa shape index (κ2) is 7.65. The lowest BCUT2D eigenvalue weighted by atomic mass is 9.90. The number of fused-ring (bicyclic) bond motifs is 1. The van der Waals surface area contributed by atoms with Gasteiger partial charge in [0.2, 0.25) is 0 Å². The van der Waals surface area contributed by atoms with Crippen molar-refractivity contribution in [1.82, 2.24) is 9.88 Å². The summed E-state index contributed by atoms with van der Waals surface area (Å²) < 4.78 is 5.22. The fourth-order valence-electron chi connectivity index (χ4n) is 3.82. The molecule has 5 heteroatoms. The first-order valence-corrected chi connectivity index (χ1v) is 9.70. The van der Waals surface area contributed by atoms with Gasteiger partial charge >= 0.3 is 0 Å². The third kappa shape index (κ3) is 3.96. The van der Waals surface area contributed by atoms with Crippen LogP contribution in [-0.4, -0.2) is 36.0 Å². The van der Waals surface area contributed by atoms with Crippen LogP contribution in [0, 0.1) is 5.92 Å². The van der Waals surface area contributed by atoms with E-state index in [1.165, 1.54) is 5.56 Å². The van der Waals surface area contributed by atoms with Gasteiger partial charge in [-0.25, -0.2) is 0 Å². The minimum atomic E-state index is 0.0743. The van der Waals surface area contributed by atoms with Crippen molar-refractivity contribution in [3.8, 4) is 5.75 Å². The number of methoxy groups -OCH3 is 1. The molecule has 27 heavy (non-hydrogen) atoms. The monoisotopic (exact) mass is 382 g/mol. The molecule has 4 nitrogen and oxygen atoms in total. The SMILES string of the molecule is COc1ccc(CC2CCN(C(=O)c3cc4ccc(Cl)cc4[nH]3)CC2)cc1. The smallest absolute Gasteiger partial charge is 0.270 e. The molecule has 0 saturated carbocycles. The summed E-state index contributed by atoms with van der Waals surface area (Å²) >= 11 is 6.03. The minimum Gasteiger partial charge on any atom is -0.497 e. The predicted octanol–water partition coefficient (Wildman–Crippen LogP) is 4.92. The Morgan fingerprint density at radius 1 is 1.15 bits per heavy atom. The number of nitrogens with one attached hydrogen (secondary N) is 1. The average molecular weight is 383 g/mol. The molecule has 1 aromatic heterocycles. The van der Waals surface area contributed by atoms with E-state index in [4.69, 9.17) is 16.3 Å². The van der Waals surface area contributed by atoms with Crippen molar-refractivity contribution in [3.63, 3.8) is 0 Å². The Hall–Kier alpha value is -2.46. The molecule has 1 aliphatic heterocycles. The van der Waals surface area contributed by atoms with Crippen LogP contribution in [0.2, 0.25) is 5.02 Å². The van der Waals surface area contributed by atoms with Gasteiger partial charge in [-0.2, -0.15) is 0 Å². The van der Waals surface area contributed by atoms with Gasteiger partial charge < -0.3 is 14.6 Å². The van der Waals surface area contributed by atoms with E-state index in [9.17, 15) is 4.79 Å². The van der Waals surface area contributed by atoms with Gasteiger partial charge in [0, 0.05) is 29.0 Å². The number of aromatic amines is 1. The standard InChI is InChI=1S/C22H23ClN2O2/c1-27-19-6-2-15(3-7-19)12-16-8-10-25(11-9-16)22(26)21-13-17-4-5-18(23)14-20(17)24-21/h2-7,13-14,16,24H,8-12H2,1H3. The molecule has 0 unspecified atom stereocenters. The summed E-state index contributed by atoms with van der Waals surface area (Å²) in [7, 11) is 1.68. The number of aromatic nitrogens is 1. The van der Waals surface area contributed by atoms with Crippen LogP contribution in [0.5, 0.6) is 5.75 Å². The molecule has 1 fully saturated rings. The number of piperidine rings is 1. The Morgan fingerprint density at radius 2 is 1.89 bits per heavy atom. The number of ether oxygens (including phenoxy) is 1. The second-order valence-corrected chi connectivity index (χ2v) is 7.64. The van der Waals surface area contributed by atoms with Gasteiger partial charge in [0.15, 0.2) is 0 Å². The number of likely N-dealkylation sites (tertiary alicyclic amines) is 1. The first-order valence-electron chi connectivity index (χ1n) is 9.33. The van der Waals surface area contributed by atoms with E-state index in [2.05, 4.69) is 17.1 Å². The van der Waals surface area contributed by atoms with Gasteiger partial charge in [-0.05, 0) is 61.1 Å². The van der Waals surface area contributed by atoms with E-state index < -0.39 is 0 Å². The Balaban J connectivity index is 1.36. The van der Waals surface area contributed by atoms with Crippen LogP contribution in [0.15, 0.2) is 48.5 Å². The number of carbonyl (C=O) groups excluding carboxylic acids is 1. The fraction of sp³-hybridized carbons (Fsp3) is 0.318. The fourth-order valence-corrected chi connectivity index (χ4v) is 3.99. The Morgan fingerprint density at radius 3 is 2.59 bits per heavy atom. The summed E-state index contributed by atoms with van der Waals surface area (Å²) in [6.07, 6.45) is 3.12. The van der Waals surface area contributed by atoms with Crippen molar-refractivity contribution in [1.29, 1.82) is 0 Å². The summed E-state index contributed by atoms with van der Waals surface area (Å²) in [5.74, 6) is 1.58.